The zero-order valence-corrected chi connectivity index (χ0v) is 10.5. The third-order valence-electron chi connectivity index (χ3n) is 3.00. The van der Waals surface area contributed by atoms with Crippen LogP contribution in [-0.2, 0) is 12.0 Å². The van der Waals surface area contributed by atoms with Crippen LogP contribution in [0.15, 0.2) is 24.3 Å². The first-order chi connectivity index (χ1) is 8.23. The molecule has 2 atom stereocenters. The zero-order chi connectivity index (χ0) is 14.0. The van der Waals surface area contributed by atoms with Crippen molar-refractivity contribution >= 4 is 0 Å². The summed E-state index contributed by atoms with van der Waals surface area (Å²) < 4.78 is 39.1. The lowest BCUT2D eigenvalue weighted by Crippen LogP contribution is -2.54. The maximum Gasteiger partial charge on any atom is 0.422 e. The highest BCUT2D eigenvalue weighted by atomic mass is 19.4. The van der Waals surface area contributed by atoms with E-state index in [2.05, 4.69) is 0 Å². The third kappa shape index (κ3) is 2.67. The lowest BCUT2D eigenvalue weighted by molar-refractivity contribution is -0.272. The van der Waals surface area contributed by atoms with Crippen molar-refractivity contribution in [1.29, 1.82) is 0 Å². The number of benzene rings is 1. The summed E-state index contributed by atoms with van der Waals surface area (Å²) in [6.45, 7) is 3.09. The van der Waals surface area contributed by atoms with Gasteiger partial charge in [0.2, 0.25) is 5.60 Å². The van der Waals surface area contributed by atoms with E-state index in [-0.39, 0.29) is 5.56 Å². The van der Waals surface area contributed by atoms with Gasteiger partial charge in [0.1, 0.15) is 0 Å². The summed E-state index contributed by atoms with van der Waals surface area (Å²) in [6.07, 6.45) is -3.31. The van der Waals surface area contributed by atoms with E-state index in [1.54, 1.807) is 6.07 Å². The molecular formula is C13H18F3NO. The van der Waals surface area contributed by atoms with Crippen molar-refractivity contribution in [3.63, 3.8) is 0 Å². The zero-order valence-electron chi connectivity index (χ0n) is 10.5. The van der Waals surface area contributed by atoms with Crippen molar-refractivity contribution < 1.29 is 18.3 Å². The van der Waals surface area contributed by atoms with Crippen LogP contribution in [0.4, 0.5) is 13.2 Å². The molecule has 18 heavy (non-hydrogen) atoms. The normalized spacial score (nSPS) is 17.3. The van der Waals surface area contributed by atoms with E-state index in [0.717, 1.165) is 18.9 Å². The molecule has 0 amide bonds. The second-order valence-corrected chi connectivity index (χ2v) is 4.50. The van der Waals surface area contributed by atoms with Crippen molar-refractivity contribution in [3.8, 4) is 0 Å². The standard InChI is InChI=1S/C13H18F3NO/c1-3-5-10-6-4-7-11(8-10)12(18,9(2)17)13(14,15)16/h4,6-9,18H,3,5,17H2,1-2H3. The van der Waals surface area contributed by atoms with E-state index in [0.29, 0.717) is 6.42 Å². The van der Waals surface area contributed by atoms with Gasteiger partial charge in [-0.25, -0.2) is 0 Å². The van der Waals surface area contributed by atoms with Crippen LogP contribution in [0.25, 0.3) is 0 Å². The molecule has 5 heteroatoms. The molecule has 102 valence electrons. The van der Waals surface area contributed by atoms with Crippen LogP contribution >= 0.6 is 0 Å². The van der Waals surface area contributed by atoms with Gasteiger partial charge in [0.25, 0.3) is 0 Å². The fraction of sp³-hybridized carbons (Fsp3) is 0.538. The van der Waals surface area contributed by atoms with Crippen LogP contribution in [0, 0.1) is 0 Å². The molecule has 3 N–H and O–H groups in total. The highest BCUT2D eigenvalue weighted by molar-refractivity contribution is 5.31. The van der Waals surface area contributed by atoms with Gasteiger partial charge in [-0.2, -0.15) is 13.2 Å². The minimum absolute atomic E-state index is 0.198. The van der Waals surface area contributed by atoms with E-state index < -0.39 is 17.8 Å². The highest BCUT2D eigenvalue weighted by Gasteiger charge is 2.57. The first-order valence-corrected chi connectivity index (χ1v) is 5.87. The van der Waals surface area contributed by atoms with Crippen molar-refractivity contribution in [2.75, 3.05) is 0 Å². The minimum Gasteiger partial charge on any atom is -0.375 e. The Morgan fingerprint density at radius 3 is 2.39 bits per heavy atom. The molecule has 0 saturated carbocycles. The maximum atomic E-state index is 13.0. The molecule has 2 unspecified atom stereocenters. The van der Waals surface area contributed by atoms with E-state index in [1.807, 2.05) is 6.92 Å². The summed E-state index contributed by atoms with van der Waals surface area (Å²) in [4.78, 5) is 0. The molecule has 0 spiro atoms. The second kappa shape index (κ2) is 5.28. The summed E-state index contributed by atoms with van der Waals surface area (Å²) in [7, 11) is 0. The van der Waals surface area contributed by atoms with Gasteiger partial charge < -0.3 is 10.8 Å². The Hall–Kier alpha value is -1.07. The van der Waals surface area contributed by atoms with E-state index in [9.17, 15) is 18.3 Å². The first-order valence-electron chi connectivity index (χ1n) is 5.87. The molecule has 0 aliphatic carbocycles. The lowest BCUT2D eigenvalue weighted by Gasteiger charge is -2.34. The monoisotopic (exact) mass is 261 g/mol. The van der Waals surface area contributed by atoms with E-state index in [4.69, 9.17) is 5.73 Å². The summed E-state index contributed by atoms with van der Waals surface area (Å²) >= 11 is 0. The molecule has 1 rings (SSSR count). The number of aliphatic hydroxyl groups is 1. The fourth-order valence-electron chi connectivity index (χ4n) is 1.94. The summed E-state index contributed by atoms with van der Waals surface area (Å²) in [6, 6.07) is 4.45. The molecule has 1 aromatic carbocycles. The number of hydrogen-bond acceptors (Lipinski definition) is 2. The highest BCUT2D eigenvalue weighted by Crippen LogP contribution is 2.41. The number of rotatable bonds is 4. The van der Waals surface area contributed by atoms with Crippen LogP contribution in [-0.4, -0.2) is 17.3 Å². The average molecular weight is 261 g/mol. The van der Waals surface area contributed by atoms with Gasteiger partial charge in [0, 0.05) is 6.04 Å². The Kier molecular flexibility index (Phi) is 4.40. The smallest absolute Gasteiger partial charge is 0.375 e. The molecule has 0 aliphatic heterocycles. The largest absolute Gasteiger partial charge is 0.422 e. The van der Waals surface area contributed by atoms with Crippen LogP contribution in [0.5, 0.6) is 0 Å². The summed E-state index contributed by atoms with van der Waals surface area (Å²) in [5.74, 6) is 0. The number of aryl methyl sites for hydroxylation is 1. The van der Waals surface area contributed by atoms with Gasteiger partial charge in [0.15, 0.2) is 0 Å². The Bertz CT molecular complexity index is 403. The first kappa shape index (κ1) is 15.0. The molecule has 1 aromatic rings. The number of hydrogen-bond donors (Lipinski definition) is 2. The maximum absolute atomic E-state index is 13.0. The quantitative estimate of drug-likeness (QED) is 0.875. The summed E-state index contributed by atoms with van der Waals surface area (Å²) in [5, 5.41) is 9.94. The van der Waals surface area contributed by atoms with Gasteiger partial charge in [-0.15, -0.1) is 0 Å². The molecule has 0 radical (unpaired) electrons. The number of alkyl halides is 3. The van der Waals surface area contributed by atoms with Crippen molar-refractivity contribution in [2.24, 2.45) is 5.73 Å². The van der Waals surface area contributed by atoms with Gasteiger partial charge in [-0.1, -0.05) is 37.6 Å². The average Bonchev–Trinajstić information content (AvgIpc) is 2.27. The number of halogens is 3. The molecule has 0 fully saturated rings. The van der Waals surface area contributed by atoms with E-state index in [1.165, 1.54) is 18.2 Å². The van der Waals surface area contributed by atoms with E-state index >= 15 is 0 Å². The Labute approximate surface area is 105 Å². The van der Waals surface area contributed by atoms with Gasteiger partial charge in [-0.05, 0) is 24.5 Å². The van der Waals surface area contributed by atoms with Crippen molar-refractivity contribution in [2.45, 2.75) is 44.5 Å². The van der Waals surface area contributed by atoms with Crippen LogP contribution < -0.4 is 5.73 Å². The summed E-state index contributed by atoms with van der Waals surface area (Å²) in [5.41, 5.74) is 2.90. The van der Waals surface area contributed by atoms with Gasteiger partial charge >= 0.3 is 6.18 Å². The topological polar surface area (TPSA) is 46.2 Å². The molecule has 0 bridgehead atoms. The SMILES string of the molecule is CCCc1cccc(C(O)(C(C)N)C(F)(F)F)c1. The van der Waals surface area contributed by atoms with Crippen LogP contribution in [0.2, 0.25) is 0 Å². The van der Waals surface area contributed by atoms with Crippen LogP contribution in [0.3, 0.4) is 0 Å². The Balaban J connectivity index is 3.27. The fourth-order valence-corrected chi connectivity index (χ4v) is 1.94. The van der Waals surface area contributed by atoms with Crippen LogP contribution in [0.1, 0.15) is 31.4 Å². The molecule has 0 aromatic heterocycles. The van der Waals surface area contributed by atoms with Crippen molar-refractivity contribution in [3.05, 3.63) is 35.4 Å². The predicted molar refractivity (Wildman–Crippen MR) is 64.0 cm³/mol. The molecule has 2 nitrogen and oxygen atoms in total. The van der Waals surface area contributed by atoms with Gasteiger partial charge in [0.05, 0.1) is 0 Å². The molecule has 0 saturated heterocycles. The number of nitrogens with two attached hydrogens (primary N) is 1. The molecule has 0 aliphatic rings. The predicted octanol–water partition coefficient (Wildman–Crippen LogP) is 2.74. The minimum atomic E-state index is -4.80. The Morgan fingerprint density at radius 1 is 1.33 bits per heavy atom. The molecule has 0 heterocycles. The Morgan fingerprint density at radius 2 is 1.94 bits per heavy atom. The lowest BCUT2D eigenvalue weighted by atomic mass is 9.85. The second-order valence-electron chi connectivity index (χ2n) is 4.50. The molecular weight excluding hydrogens is 243 g/mol. The third-order valence-corrected chi connectivity index (χ3v) is 3.00. The van der Waals surface area contributed by atoms with Gasteiger partial charge in [-0.3, -0.25) is 0 Å². The van der Waals surface area contributed by atoms with Crippen molar-refractivity contribution in [1.82, 2.24) is 0 Å².